The van der Waals surface area contributed by atoms with Gasteiger partial charge in [-0.2, -0.15) is 0 Å². The summed E-state index contributed by atoms with van der Waals surface area (Å²) in [6.45, 7) is 2.71. The summed E-state index contributed by atoms with van der Waals surface area (Å²) in [5.41, 5.74) is 0.451. The van der Waals surface area contributed by atoms with Crippen LogP contribution < -0.4 is 14.8 Å². The lowest BCUT2D eigenvalue weighted by atomic mass is 10.1. The highest BCUT2D eigenvalue weighted by Gasteiger charge is 2.18. The zero-order chi connectivity index (χ0) is 26.4. The Hall–Kier alpha value is -3.54. The normalized spacial score (nSPS) is 11.7. The number of aliphatic hydroxyl groups excluding tert-OH is 2. The fraction of sp³-hybridized carbons (Fsp3) is 0.440. The Bertz CT molecular complexity index is 950. The highest BCUT2D eigenvalue weighted by molar-refractivity contribution is 5.82. The fourth-order valence-corrected chi connectivity index (χ4v) is 3.08. The Kier molecular flexibility index (Phi) is 15.3. The van der Waals surface area contributed by atoms with E-state index in [-0.39, 0.29) is 28.3 Å². The first-order chi connectivity index (χ1) is 16.7. The number of nitrogens with one attached hydrogen (secondary N) is 1. The van der Waals surface area contributed by atoms with Gasteiger partial charge < -0.3 is 45.8 Å². The van der Waals surface area contributed by atoms with Gasteiger partial charge in [0.1, 0.15) is 0 Å². The SMILES string of the molecule is CCCCCCCNC(=O)C(O)c1ccc(OC)c(O)c1.COc1ccc(C(O)C(=O)O)cc1O.[OH-]. The molecule has 0 aliphatic rings. The van der Waals surface area contributed by atoms with E-state index < -0.39 is 24.1 Å². The number of carboxylic acid groups (broad SMARTS) is 1. The minimum Gasteiger partial charge on any atom is -0.870 e. The minimum absolute atomic E-state index is 0. The molecule has 0 aromatic heterocycles. The third kappa shape index (κ3) is 10.4. The van der Waals surface area contributed by atoms with Crippen LogP contribution in [-0.4, -0.2) is 63.6 Å². The number of aliphatic hydroxyl groups is 2. The van der Waals surface area contributed by atoms with E-state index in [9.17, 15) is 24.9 Å². The smallest absolute Gasteiger partial charge is 0.337 e. The third-order valence-corrected chi connectivity index (χ3v) is 5.10. The standard InChI is InChI=1S/C16H25NO4.C9H10O5.H2O/c1-3-4-5-6-7-10-17-16(20)15(19)12-8-9-14(21-2)13(18)11-12;1-14-7-3-2-5(4-6(7)10)8(11)9(12)13;/h8-9,11,15,18-19H,3-7,10H2,1-2H3,(H,17,20);2-4,8,10-11H,1H3,(H,12,13);1H2/p-1. The number of ether oxygens (including phenoxy) is 2. The van der Waals surface area contributed by atoms with Gasteiger partial charge in [-0.05, 0) is 41.8 Å². The maximum absolute atomic E-state index is 11.8. The molecule has 2 aromatic carbocycles. The number of methoxy groups -OCH3 is 2. The molecule has 0 saturated heterocycles. The fourth-order valence-electron chi connectivity index (χ4n) is 3.08. The van der Waals surface area contributed by atoms with Gasteiger partial charge in [0, 0.05) is 6.54 Å². The van der Waals surface area contributed by atoms with Crippen LogP contribution in [0.4, 0.5) is 0 Å². The lowest BCUT2D eigenvalue weighted by Gasteiger charge is -2.13. The largest absolute Gasteiger partial charge is 0.870 e. The zero-order valence-corrected chi connectivity index (χ0v) is 20.7. The topological polar surface area (TPSA) is 196 Å². The van der Waals surface area contributed by atoms with E-state index in [1.807, 2.05) is 0 Å². The molecule has 0 saturated carbocycles. The second-order valence-electron chi connectivity index (χ2n) is 7.71. The number of unbranched alkanes of at least 4 members (excludes halogenated alkanes) is 4. The average molecular weight is 511 g/mol. The summed E-state index contributed by atoms with van der Waals surface area (Å²) in [4.78, 5) is 22.2. The van der Waals surface area contributed by atoms with Crippen molar-refractivity contribution in [3.05, 3.63) is 47.5 Å². The highest BCUT2D eigenvalue weighted by Crippen LogP contribution is 2.29. The Morgan fingerprint density at radius 3 is 1.72 bits per heavy atom. The zero-order valence-electron chi connectivity index (χ0n) is 20.7. The van der Waals surface area contributed by atoms with Crippen LogP contribution in [0.2, 0.25) is 0 Å². The van der Waals surface area contributed by atoms with E-state index in [4.69, 9.17) is 19.7 Å². The summed E-state index contributed by atoms with van der Waals surface area (Å²) in [5, 5.41) is 49.2. The van der Waals surface area contributed by atoms with E-state index in [1.165, 1.54) is 57.7 Å². The Labute approximate surface area is 210 Å². The quantitative estimate of drug-likeness (QED) is 0.231. The molecule has 11 nitrogen and oxygen atoms in total. The maximum atomic E-state index is 11.8. The molecule has 0 aliphatic heterocycles. The van der Waals surface area contributed by atoms with Gasteiger partial charge in [0.25, 0.3) is 5.91 Å². The van der Waals surface area contributed by atoms with Crippen molar-refractivity contribution in [2.75, 3.05) is 20.8 Å². The van der Waals surface area contributed by atoms with Gasteiger partial charge in [-0.15, -0.1) is 0 Å². The first-order valence-corrected chi connectivity index (χ1v) is 11.3. The van der Waals surface area contributed by atoms with Crippen molar-refractivity contribution in [3.63, 3.8) is 0 Å². The minimum atomic E-state index is -1.63. The molecule has 1 amide bonds. The summed E-state index contributed by atoms with van der Waals surface area (Å²) in [5.74, 6) is -1.58. The summed E-state index contributed by atoms with van der Waals surface area (Å²) in [6.07, 6.45) is 2.64. The number of carbonyl (C=O) groups excluding carboxylic acids is 1. The van der Waals surface area contributed by atoms with Gasteiger partial charge >= 0.3 is 5.97 Å². The van der Waals surface area contributed by atoms with Gasteiger partial charge in [-0.1, -0.05) is 44.7 Å². The van der Waals surface area contributed by atoms with Crippen LogP contribution in [0.15, 0.2) is 36.4 Å². The number of carboxylic acids is 1. The molecule has 202 valence electrons. The van der Waals surface area contributed by atoms with Crippen molar-refractivity contribution in [3.8, 4) is 23.0 Å². The molecule has 36 heavy (non-hydrogen) atoms. The molecule has 0 fully saturated rings. The van der Waals surface area contributed by atoms with E-state index in [0.29, 0.717) is 17.9 Å². The predicted molar refractivity (Wildman–Crippen MR) is 131 cm³/mol. The van der Waals surface area contributed by atoms with Crippen LogP contribution in [0.5, 0.6) is 23.0 Å². The molecule has 7 N–H and O–H groups in total. The number of phenols is 2. The number of benzene rings is 2. The number of aromatic hydroxyl groups is 2. The van der Waals surface area contributed by atoms with Crippen molar-refractivity contribution in [1.82, 2.24) is 5.32 Å². The number of aliphatic carboxylic acids is 1. The number of hydrogen-bond donors (Lipinski definition) is 6. The van der Waals surface area contributed by atoms with Crippen molar-refractivity contribution in [1.29, 1.82) is 0 Å². The lowest BCUT2D eigenvalue weighted by Crippen LogP contribution is -2.30. The van der Waals surface area contributed by atoms with E-state index >= 15 is 0 Å². The van der Waals surface area contributed by atoms with Crippen molar-refractivity contribution >= 4 is 11.9 Å². The maximum Gasteiger partial charge on any atom is 0.337 e. The van der Waals surface area contributed by atoms with Crippen LogP contribution >= 0.6 is 0 Å². The Morgan fingerprint density at radius 1 is 0.833 bits per heavy atom. The van der Waals surface area contributed by atoms with Crippen LogP contribution in [0.1, 0.15) is 62.4 Å². The van der Waals surface area contributed by atoms with E-state index in [0.717, 1.165) is 18.9 Å². The molecular formula is C25H36NO10-. The van der Waals surface area contributed by atoms with Crippen LogP contribution in [-0.2, 0) is 9.59 Å². The Morgan fingerprint density at radius 2 is 1.31 bits per heavy atom. The van der Waals surface area contributed by atoms with Crippen LogP contribution in [0.25, 0.3) is 0 Å². The highest BCUT2D eigenvalue weighted by atomic mass is 16.5. The molecule has 0 bridgehead atoms. The second-order valence-corrected chi connectivity index (χ2v) is 7.71. The lowest BCUT2D eigenvalue weighted by molar-refractivity contribution is -0.147. The second kappa shape index (κ2) is 17.0. The summed E-state index contributed by atoms with van der Waals surface area (Å²) < 4.78 is 9.68. The predicted octanol–water partition coefficient (Wildman–Crippen LogP) is 2.86. The Balaban J connectivity index is 0.000000713. The van der Waals surface area contributed by atoms with Crippen LogP contribution in [0, 0.1) is 0 Å². The molecule has 11 heteroatoms. The summed E-state index contributed by atoms with van der Waals surface area (Å²) in [6, 6.07) is 8.33. The number of hydrogen-bond acceptors (Lipinski definition) is 9. The molecule has 0 aliphatic carbocycles. The van der Waals surface area contributed by atoms with E-state index in [1.54, 1.807) is 6.07 Å². The number of amides is 1. The number of rotatable bonds is 12. The molecule has 0 radical (unpaired) electrons. The third-order valence-electron chi connectivity index (χ3n) is 5.10. The summed E-state index contributed by atoms with van der Waals surface area (Å²) >= 11 is 0. The molecule has 2 unspecified atom stereocenters. The van der Waals surface area contributed by atoms with Crippen LogP contribution in [0.3, 0.4) is 0 Å². The van der Waals surface area contributed by atoms with Gasteiger partial charge in [-0.25, -0.2) is 4.79 Å². The number of carbonyl (C=O) groups is 2. The van der Waals surface area contributed by atoms with Crippen molar-refractivity contribution in [2.45, 2.75) is 51.2 Å². The first-order valence-electron chi connectivity index (χ1n) is 11.3. The summed E-state index contributed by atoms with van der Waals surface area (Å²) in [7, 11) is 2.82. The van der Waals surface area contributed by atoms with E-state index in [2.05, 4.69) is 12.2 Å². The molecular weight excluding hydrogens is 474 g/mol. The number of phenolic OH excluding ortho intramolecular Hbond substituents is 2. The molecule has 2 aromatic rings. The van der Waals surface area contributed by atoms with Crippen molar-refractivity contribution < 1.29 is 50.1 Å². The molecule has 0 spiro atoms. The van der Waals surface area contributed by atoms with Gasteiger partial charge in [0.15, 0.2) is 35.2 Å². The van der Waals surface area contributed by atoms with Crippen molar-refractivity contribution in [2.24, 2.45) is 0 Å². The average Bonchev–Trinajstić information content (AvgIpc) is 2.85. The van der Waals surface area contributed by atoms with Gasteiger partial charge in [-0.3, -0.25) is 4.79 Å². The molecule has 0 heterocycles. The molecule has 2 rings (SSSR count). The first kappa shape index (κ1) is 32.5. The van der Waals surface area contributed by atoms with Gasteiger partial charge in [0.2, 0.25) is 0 Å². The molecule has 2 atom stereocenters. The van der Waals surface area contributed by atoms with Gasteiger partial charge in [0.05, 0.1) is 14.2 Å². The monoisotopic (exact) mass is 510 g/mol.